The van der Waals surface area contributed by atoms with Crippen molar-refractivity contribution in [1.82, 2.24) is 0 Å². The Kier molecular flexibility index (Phi) is 37.0. The molecule has 8 nitrogen and oxygen atoms in total. The van der Waals surface area contributed by atoms with E-state index in [1.807, 2.05) is 0 Å². The van der Waals surface area contributed by atoms with Crippen LogP contribution in [0.3, 0.4) is 0 Å². The predicted molar refractivity (Wildman–Crippen MR) is 222 cm³/mol. The van der Waals surface area contributed by atoms with Crippen molar-refractivity contribution in [2.24, 2.45) is 0 Å². The lowest BCUT2D eigenvalue weighted by molar-refractivity contribution is -0.889. The molecule has 0 N–H and O–H groups in total. The van der Waals surface area contributed by atoms with E-state index < -0.39 is 18.1 Å². The first-order valence-corrected chi connectivity index (χ1v) is 23.1. The summed E-state index contributed by atoms with van der Waals surface area (Å²) < 4.78 is 17.2. The summed E-state index contributed by atoms with van der Waals surface area (Å²) >= 11 is 0. The molecule has 54 heavy (non-hydrogen) atoms. The van der Waals surface area contributed by atoms with E-state index in [9.17, 15) is 19.5 Å². The average molecular weight is 768 g/mol. The van der Waals surface area contributed by atoms with Crippen LogP contribution < -0.4 is 5.11 Å². The van der Waals surface area contributed by atoms with Crippen LogP contribution in [0.1, 0.15) is 226 Å². The van der Waals surface area contributed by atoms with Crippen molar-refractivity contribution in [2.45, 2.75) is 238 Å². The van der Waals surface area contributed by atoms with E-state index in [1.54, 1.807) is 21.1 Å². The maximum atomic E-state index is 12.7. The molecule has 0 saturated heterocycles. The van der Waals surface area contributed by atoms with Crippen LogP contribution in [0.2, 0.25) is 0 Å². The summed E-state index contributed by atoms with van der Waals surface area (Å²) in [4.78, 5) is 36.8. The monoisotopic (exact) mass is 768 g/mol. The van der Waals surface area contributed by atoms with Gasteiger partial charge in [-0.05, 0) is 12.8 Å². The Labute approximate surface area is 334 Å². The largest absolute Gasteiger partial charge is 0.544 e. The number of carbonyl (C=O) groups excluding carboxylic acids is 3. The minimum Gasteiger partial charge on any atom is -0.544 e. The third-order valence-electron chi connectivity index (χ3n) is 10.7. The van der Waals surface area contributed by atoms with E-state index in [2.05, 4.69) is 13.8 Å². The van der Waals surface area contributed by atoms with Gasteiger partial charge in [0.05, 0.1) is 40.3 Å². The van der Waals surface area contributed by atoms with Crippen LogP contribution in [-0.2, 0) is 28.6 Å². The quantitative estimate of drug-likeness (QED) is 0.0346. The molecule has 0 radical (unpaired) electrons. The van der Waals surface area contributed by atoms with Gasteiger partial charge >= 0.3 is 11.9 Å². The fraction of sp³-hybridized carbons (Fsp3) is 0.935. The van der Waals surface area contributed by atoms with Gasteiger partial charge in [0.2, 0.25) is 0 Å². The Morgan fingerprint density at radius 1 is 0.481 bits per heavy atom. The van der Waals surface area contributed by atoms with Gasteiger partial charge < -0.3 is 28.6 Å². The second-order valence-corrected chi connectivity index (χ2v) is 17.0. The second-order valence-electron chi connectivity index (χ2n) is 17.0. The number of likely N-dealkylation sites (N-methyl/N-ethyl adjacent to an activating group) is 1. The molecule has 0 aromatic rings. The SMILES string of the molecule is CCCCCCCCCCCCCCCCCCCC(=O)OC(COCCC(C(=O)[O-])[N+](C)(C)C)COC(=O)CCCCCCCCCCCCCCC. The first kappa shape index (κ1) is 52.3. The van der Waals surface area contributed by atoms with Gasteiger partial charge in [0.25, 0.3) is 0 Å². The molecule has 0 aliphatic heterocycles. The van der Waals surface area contributed by atoms with Crippen molar-refractivity contribution in [3.63, 3.8) is 0 Å². The number of unbranched alkanes of at least 4 members (excludes halogenated alkanes) is 28. The molecule has 0 bridgehead atoms. The van der Waals surface area contributed by atoms with Gasteiger partial charge in [-0.15, -0.1) is 0 Å². The molecule has 0 aliphatic rings. The van der Waals surface area contributed by atoms with Crippen molar-refractivity contribution in [2.75, 3.05) is 41.0 Å². The fourth-order valence-corrected chi connectivity index (χ4v) is 7.13. The van der Waals surface area contributed by atoms with Crippen molar-refractivity contribution in [3.8, 4) is 0 Å². The van der Waals surface area contributed by atoms with Crippen LogP contribution in [0, 0.1) is 0 Å². The summed E-state index contributed by atoms with van der Waals surface area (Å²) in [6, 6.07) is -0.719. The number of carbonyl (C=O) groups is 3. The van der Waals surface area contributed by atoms with Crippen molar-refractivity contribution in [3.05, 3.63) is 0 Å². The zero-order chi connectivity index (χ0) is 40.0. The Hall–Kier alpha value is -1.67. The Morgan fingerprint density at radius 3 is 1.15 bits per heavy atom. The fourth-order valence-electron chi connectivity index (χ4n) is 7.13. The van der Waals surface area contributed by atoms with Crippen LogP contribution in [0.4, 0.5) is 0 Å². The molecule has 2 atom stereocenters. The molecule has 0 aliphatic carbocycles. The molecular weight excluding hydrogens is 679 g/mol. The van der Waals surface area contributed by atoms with Crippen molar-refractivity contribution in [1.29, 1.82) is 0 Å². The van der Waals surface area contributed by atoms with Crippen molar-refractivity contribution >= 4 is 17.9 Å². The highest BCUT2D eigenvalue weighted by atomic mass is 16.6. The lowest BCUT2D eigenvalue weighted by Gasteiger charge is -2.34. The highest BCUT2D eigenvalue weighted by Crippen LogP contribution is 2.16. The molecule has 8 heteroatoms. The lowest BCUT2D eigenvalue weighted by Crippen LogP contribution is -2.55. The summed E-state index contributed by atoms with van der Waals surface area (Å²) in [5.74, 6) is -1.71. The zero-order valence-electron chi connectivity index (χ0n) is 36.4. The minimum atomic E-state index is -1.12. The Balaban J connectivity index is 4.26. The number of carboxylic acids is 1. The minimum absolute atomic E-state index is 0.0493. The first-order chi connectivity index (χ1) is 26.1. The van der Waals surface area contributed by atoms with Gasteiger partial charge in [-0.2, -0.15) is 0 Å². The molecule has 320 valence electrons. The van der Waals surface area contributed by atoms with E-state index in [0.29, 0.717) is 12.8 Å². The van der Waals surface area contributed by atoms with Gasteiger partial charge in [0.1, 0.15) is 12.6 Å². The second kappa shape index (κ2) is 38.2. The molecule has 0 saturated carbocycles. The predicted octanol–water partition coefficient (Wildman–Crippen LogP) is 11.2. The molecule has 0 amide bonds. The van der Waals surface area contributed by atoms with Crippen LogP contribution in [0.15, 0.2) is 0 Å². The standard InChI is InChI=1S/C46H89NO7/c1-6-8-10-12-14-16-18-20-21-22-23-25-27-29-31-33-35-37-45(49)54-42(40-52-39-38-43(46(50)51)47(3,4)5)41-53-44(48)36-34-32-30-28-26-24-19-17-15-13-11-9-7-2/h42-43H,6-41H2,1-5H3. The summed E-state index contributed by atoms with van der Waals surface area (Å²) in [5.41, 5.74) is 0. The summed E-state index contributed by atoms with van der Waals surface area (Å²) in [6.45, 7) is 4.70. The molecule has 0 heterocycles. The highest BCUT2D eigenvalue weighted by Gasteiger charge is 2.25. The zero-order valence-corrected chi connectivity index (χ0v) is 36.4. The molecule has 0 spiro atoms. The van der Waals surface area contributed by atoms with Crippen LogP contribution in [0.5, 0.6) is 0 Å². The number of esters is 2. The Morgan fingerprint density at radius 2 is 0.815 bits per heavy atom. The van der Waals surface area contributed by atoms with E-state index in [1.165, 1.54) is 154 Å². The number of aliphatic carboxylic acids is 1. The third-order valence-corrected chi connectivity index (χ3v) is 10.7. The smallest absolute Gasteiger partial charge is 0.306 e. The average Bonchev–Trinajstić information content (AvgIpc) is 3.12. The van der Waals surface area contributed by atoms with Gasteiger partial charge in [-0.1, -0.05) is 194 Å². The van der Waals surface area contributed by atoms with Crippen LogP contribution in [0.25, 0.3) is 0 Å². The van der Waals surface area contributed by atoms with Crippen LogP contribution >= 0.6 is 0 Å². The number of hydrogen-bond acceptors (Lipinski definition) is 7. The van der Waals surface area contributed by atoms with E-state index in [-0.39, 0.29) is 42.7 Å². The summed E-state index contributed by atoms with van der Waals surface area (Å²) in [7, 11) is 5.42. The topological polar surface area (TPSA) is 102 Å². The number of hydrogen-bond donors (Lipinski definition) is 0. The maximum absolute atomic E-state index is 12.7. The number of quaternary nitrogens is 1. The van der Waals surface area contributed by atoms with Gasteiger partial charge in [-0.25, -0.2) is 0 Å². The van der Waals surface area contributed by atoms with E-state index in [0.717, 1.165) is 38.5 Å². The van der Waals surface area contributed by atoms with Crippen molar-refractivity contribution < 1.29 is 38.2 Å². The van der Waals surface area contributed by atoms with E-state index in [4.69, 9.17) is 14.2 Å². The van der Waals surface area contributed by atoms with Gasteiger partial charge in [0, 0.05) is 19.3 Å². The molecule has 0 aromatic heterocycles. The lowest BCUT2D eigenvalue weighted by atomic mass is 10.0. The highest BCUT2D eigenvalue weighted by molar-refractivity contribution is 5.70. The first-order valence-electron chi connectivity index (χ1n) is 23.1. The third kappa shape index (κ3) is 36.0. The molecule has 0 rings (SSSR count). The number of ether oxygens (including phenoxy) is 3. The van der Waals surface area contributed by atoms with Gasteiger partial charge in [0.15, 0.2) is 6.10 Å². The van der Waals surface area contributed by atoms with E-state index >= 15 is 0 Å². The molecule has 0 aromatic carbocycles. The normalized spacial score (nSPS) is 12.8. The maximum Gasteiger partial charge on any atom is 0.306 e. The van der Waals surface area contributed by atoms with Crippen LogP contribution in [-0.4, -0.2) is 75.5 Å². The summed E-state index contributed by atoms with van der Waals surface area (Å²) in [5, 5.41) is 11.6. The Bertz CT molecular complexity index is 858. The number of nitrogens with zero attached hydrogens (tertiary/aromatic N) is 1. The molecule has 2 unspecified atom stereocenters. The summed E-state index contributed by atoms with van der Waals surface area (Å²) in [6.07, 6.45) is 38.3. The molecule has 0 fully saturated rings. The number of carboxylic acid groups (broad SMARTS) is 1. The van der Waals surface area contributed by atoms with Gasteiger partial charge in [-0.3, -0.25) is 9.59 Å². The number of rotatable bonds is 42. The molecular formula is C46H89NO7.